The Kier molecular flexibility index (Phi) is 4.20. The van der Waals surface area contributed by atoms with E-state index < -0.39 is 27.3 Å². The fourth-order valence-electron chi connectivity index (χ4n) is 2.28. The number of nitro groups is 2. The van der Waals surface area contributed by atoms with Gasteiger partial charge >= 0.3 is 0 Å². The molecule has 1 atom stereocenters. The van der Waals surface area contributed by atoms with Crippen molar-refractivity contribution in [2.45, 2.75) is 6.04 Å². The highest BCUT2D eigenvalue weighted by Gasteiger charge is 2.34. The summed E-state index contributed by atoms with van der Waals surface area (Å²) in [5.74, 6) is 0. The van der Waals surface area contributed by atoms with Crippen molar-refractivity contribution in [1.29, 1.82) is 0 Å². The Morgan fingerprint density at radius 3 is 2.36 bits per heavy atom. The van der Waals surface area contributed by atoms with Crippen molar-refractivity contribution in [3.63, 3.8) is 0 Å². The van der Waals surface area contributed by atoms with Crippen LogP contribution in [0.3, 0.4) is 0 Å². The minimum atomic E-state index is -0.884. The molecule has 0 spiro atoms. The van der Waals surface area contributed by atoms with E-state index in [1.807, 2.05) is 0 Å². The van der Waals surface area contributed by atoms with Crippen LogP contribution >= 0.6 is 0 Å². The predicted molar refractivity (Wildman–Crippen MR) is 72.4 cm³/mol. The molecule has 0 amide bonds. The zero-order valence-electron chi connectivity index (χ0n) is 11.1. The zero-order chi connectivity index (χ0) is 16.3. The molecule has 0 radical (unpaired) electrons. The molecule has 1 aliphatic heterocycles. The quantitative estimate of drug-likeness (QED) is 0.450. The Labute approximate surface area is 122 Å². The minimum Gasteiger partial charge on any atom is -0.258 e. The molecule has 116 valence electrons. The van der Waals surface area contributed by atoms with Crippen LogP contribution in [0.25, 0.3) is 0 Å². The molecule has 0 saturated carbocycles. The third-order valence-corrected chi connectivity index (χ3v) is 3.33. The van der Waals surface area contributed by atoms with E-state index >= 15 is 0 Å². The van der Waals surface area contributed by atoms with Crippen LogP contribution in [-0.2, 0) is 0 Å². The van der Waals surface area contributed by atoms with E-state index in [1.165, 1.54) is 6.07 Å². The van der Waals surface area contributed by atoms with Crippen molar-refractivity contribution in [2.75, 3.05) is 19.6 Å². The first-order chi connectivity index (χ1) is 10.5. The van der Waals surface area contributed by atoms with Crippen molar-refractivity contribution >= 4 is 11.4 Å². The molecule has 0 aliphatic carbocycles. The Hall–Kier alpha value is -3.18. The van der Waals surface area contributed by atoms with Crippen LogP contribution < -0.4 is 0 Å². The maximum Gasteiger partial charge on any atom is 0.281 e. The summed E-state index contributed by atoms with van der Waals surface area (Å²) in [6.07, 6.45) is 0. The molecule has 12 heteroatoms. The van der Waals surface area contributed by atoms with Crippen LogP contribution in [0.2, 0.25) is 0 Å². The van der Waals surface area contributed by atoms with Crippen molar-refractivity contribution in [3.8, 4) is 0 Å². The summed E-state index contributed by atoms with van der Waals surface area (Å²) in [4.78, 5) is 41.8. The number of piperazine rings is 1. The molecule has 1 aromatic carbocycles. The molecule has 1 fully saturated rings. The largest absolute Gasteiger partial charge is 0.281 e. The molecule has 2 rings (SSSR count). The number of non-ortho nitro benzene ring substituents is 1. The maximum atomic E-state index is 11.1. The van der Waals surface area contributed by atoms with Crippen LogP contribution in [0.1, 0.15) is 11.6 Å². The lowest BCUT2D eigenvalue weighted by molar-refractivity contribution is -0.394. The lowest BCUT2D eigenvalue weighted by Crippen LogP contribution is -2.43. The summed E-state index contributed by atoms with van der Waals surface area (Å²) < 4.78 is 0. The van der Waals surface area contributed by atoms with Gasteiger partial charge in [-0.1, -0.05) is 0 Å². The highest BCUT2D eigenvalue weighted by molar-refractivity contribution is 5.50. The Morgan fingerprint density at radius 2 is 1.82 bits per heavy atom. The lowest BCUT2D eigenvalue weighted by Gasteiger charge is -2.34. The number of nitro benzene ring substituents is 2. The highest BCUT2D eigenvalue weighted by atomic mass is 16.6. The molecule has 1 aromatic rings. The predicted octanol–water partition coefficient (Wildman–Crippen LogP) is 1.52. The molecule has 0 N–H and O–H groups in total. The van der Waals surface area contributed by atoms with Crippen LogP contribution in [0.15, 0.2) is 28.8 Å². The third-order valence-electron chi connectivity index (χ3n) is 3.33. The molecule has 1 aliphatic rings. The van der Waals surface area contributed by atoms with Gasteiger partial charge in [0.25, 0.3) is 11.4 Å². The minimum absolute atomic E-state index is 0.0588. The van der Waals surface area contributed by atoms with E-state index in [0.29, 0.717) is 0 Å². The third kappa shape index (κ3) is 2.79. The van der Waals surface area contributed by atoms with Crippen LogP contribution in [-0.4, -0.2) is 39.5 Å². The summed E-state index contributed by atoms with van der Waals surface area (Å²) in [5.41, 5.74) is -0.897. The maximum absolute atomic E-state index is 11.1. The number of nitroso groups, excluding NO2 is 2. The average Bonchev–Trinajstić information content (AvgIpc) is 2.53. The fourth-order valence-corrected chi connectivity index (χ4v) is 2.28. The second kappa shape index (κ2) is 6.07. The van der Waals surface area contributed by atoms with Crippen molar-refractivity contribution in [3.05, 3.63) is 53.8 Å². The summed E-state index contributed by atoms with van der Waals surface area (Å²) in [7, 11) is 0. The molecule has 0 aromatic heterocycles. The number of nitrogens with zero attached hydrogens (tertiary/aromatic N) is 6. The smallest absolute Gasteiger partial charge is 0.258 e. The molecule has 0 bridgehead atoms. The van der Waals surface area contributed by atoms with Gasteiger partial charge in [-0.25, -0.2) is 5.01 Å². The van der Waals surface area contributed by atoms with E-state index in [1.54, 1.807) is 0 Å². The zero-order valence-corrected chi connectivity index (χ0v) is 11.1. The normalized spacial score (nSPS) is 17.9. The molecule has 22 heavy (non-hydrogen) atoms. The van der Waals surface area contributed by atoms with Gasteiger partial charge in [0.15, 0.2) is 0 Å². The van der Waals surface area contributed by atoms with Gasteiger partial charge in [0.2, 0.25) is 0 Å². The van der Waals surface area contributed by atoms with Crippen LogP contribution in [0.5, 0.6) is 0 Å². The fraction of sp³-hybridized carbons (Fsp3) is 0.400. The summed E-state index contributed by atoms with van der Waals surface area (Å²) in [5, 5.41) is 29.6. The molecule has 1 saturated heterocycles. The van der Waals surface area contributed by atoms with Gasteiger partial charge in [-0.05, 0) is 6.07 Å². The average molecular weight is 310 g/mol. The van der Waals surface area contributed by atoms with E-state index in [9.17, 15) is 30.0 Å². The number of hydrogen-bond donors (Lipinski definition) is 0. The number of hydrogen-bond acceptors (Lipinski definition) is 8. The van der Waals surface area contributed by atoms with E-state index in [0.717, 1.165) is 22.2 Å². The van der Waals surface area contributed by atoms with E-state index in [4.69, 9.17) is 0 Å². The first-order valence-corrected chi connectivity index (χ1v) is 6.08. The van der Waals surface area contributed by atoms with Crippen molar-refractivity contribution in [1.82, 2.24) is 10.0 Å². The summed E-state index contributed by atoms with van der Waals surface area (Å²) in [6, 6.07) is 2.21. The number of rotatable bonds is 5. The van der Waals surface area contributed by atoms with Gasteiger partial charge in [0.05, 0.1) is 51.7 Å². The molecule has 1 unspecified atom stereocenters. The van der Waals surface area contributed by atoms with E-state index in [2.05, 4.69) is 10.6 Å². The Morgan fingerprint density at radius 1 is 1.09 bits per heavy atom. The van der Waals surface area contributed by atoms with Gasteiger partial charge in [-0.3, -0.25) is 25.2 Å². The Balaban J connectivity index is 2.48. The van der Waals surface area contributed by atoms with Gasteiger partial charge < -0.3 is 0 Å². The summed E-state index contributed by atoms with van der Waals surface area (Å²) >= 11 is 0. The van der Waals surface area contributed by atoms with Gasteiger partial charge in [0, 0.05) is 6.07 Å². The van der Waals surface area contributed by atoms with Gasteiger partial charge in [-0.15, -0.1) is 9.81 Å². The van der Waals surface area contributed by atoms with Crippen molar-refractivity contribution in [2.24, 2.45) is 10.6 Å². The first kappa shape index (κ1) is 15.2. The molecule has 12 nitrogen and oxygen atoms in total. The summed E-state index contributed by atoms with van der Waals surface area (Å²) in [6.45, 7) is 0.147. The van der Waals surface area contributed by atoms with E-state index in [-0.39, 0.29) is 25.2 Å². The molecule has 1 heterocycles. The van der Waals surface area contributed by atoms with Gasteiger partial charge in [0.1, 0.15) is 6.04 Å². The topological polar surface area (TPSA) is 152 Å². The molecular weight excluding hydrogens is 300 g/mol. The monoisotopic (exact) mass is 310 g/mol. The Bertz CT molecular complexity index is 636. The van der Waals surface area contributed by atoms with Crippen molar-refractivity contribution < 1.29 is 9.85 Å². The second-order valence-electron chi connectivity index (χ2n) is 4.51. The first-order valence-electron chi connectivity index (χ1n) is 6.08. The molecular formula is C10H10N6O6. The standard InChI is InChI=1S/C10H10N6O6/c17-11-13-3-4-14(12-18)10(6-13)8-2-1-7(15(19)20)5-9(8)16(21)22/h1-2,5,10H,3-4,6H2. The van der Waals surface area contributed by atoms with Crippen LogP contribution in [0, 0.1) is 30.0 Å². The number of benzene rings is 1. The van der Waals surface area contributed by atoms with Gasteiger partial charge in [-0.2, -0.15) is 0 Å². The lowest BCUT2D eigenvalue weighted by atomic mass is 10.0. The highest BCUT2D eigenvalue weighted by Crippen LogP contribution is 2.34. The second-order valence-corrected chi connectivity index (χ2v) is 4.51. The van der Waals surface area contributed by atoms with Crippen LogP contribution in [0.4, 0.5) is 11.4 Å². The SMILES string of the molecule is O=NN1CCN(N=O)C(c2ccc([N+](=O)[O-])cc2[N+](=O)[O-])C1.